The highest BCUT2D eigenvalue weighted by atomic mass is 32.2. The molecule has 8 nitrogen and oxygen atoms in total. The molecule has 2 aliphatic rings. The van der Waals surface area contributed by atoms with E-state index in [0.717, 1.165) is 18.8 Å². The molecule has 9 heteroatoms. The Labute approximate surface area is 167 Å². The molecule has 0 radical (unpaired) electrons. The number of likely N-dealkylation sites (tertiary alicyclic amines) is 1. The molecule has 1 aromatic rings. The first-order chi connectivity index (χ1) is 13.3. The molecule has 0 aromatic carbocycles. The summed E-state index contributed by atoms with van der Waals surface area (Å²) < 4.78 is 26.8. The molecule has 1 aromatic heterocycles. The van der Waals surface area contributed by atoms with Gasteiger partial charge in [0.2, 0.25) is 15.5 Å². The third-order valence-corrected chi connectivity index (χ3v) is 7.20. The molecule has 158 valence electrons. The Hall–Kier alpha value is -1.42. The van der Waals surface area contributed by atoms with Crippen molar-refractivity contribution in [3.63, 3.8) is 0 Å². The quantitative estimate of drug-likeness (QED) is 0.760. The molecule has 3 heterocycles. The fourth-order valence-electron chi connectivity index (χ4n) is 4.08. The summed E-state index contributed by atoms with van der Waals surface area (Å²) in [5.41, 5.74) is 1.17. The zero-order valence-corrected chi connectivity index (χ0v) is 17.7. The third-order valence-electron chi connectivity index (χ3n) is 5.90. The van der Waals surface area contributed by atoms with Crippen molar-refractivity contribution in [1.29, 1.82) is 0 Å². The van der Waals surface area contributed by atoms with E-state index in [9.17, 15) is 18.3 Å². The average Bonchev–Trinajstić information content (AvgIpc) is 2.91. The lowest BCUT2D eigenvalue weighted by Crippen LogP contribution is -2.48. The Bertz CT molecular complexity index is 836. The highest BCUT2D eigenvalue weighted by Gasteiger charge is 2.25. The van der Waals surface area contributed by atoms with Crippen LogP contribution in [0.15, 0.2) is 10.9 Å². The van der Waals surface area contributed by atoms with Gasteiger partial charge in [0, 0.05) is 58.1 Å². The minimum atomic E-state index is -3.17. The number of hydrogen-bond donors (Lipinski definition) is 1. The van der Waals surface area contributed by atoms with Crippen LogP contribution in [0.3, 0.4) is 0 Å². The highest BCUT2D eigenvalue weighted by Crippen LogP contribution is 2.19. The molecule has 0 aliphatic carbocycles. The molecule has 2 aliphatic heterocycles. The summed E-state index contributed by atoms with van der Waals surface area (Å²) in [7, 11) is -1.28. The van der Waals surface area contributed by atoms with E-state index in [1.165, 1.54) is 36.2 Å². The predicted octanol–water partition coefficient (Wildman–Crippen LogP) is 0.544. The van der Waals surface area contributed by atoms with Crippen LogP contribution in [0.25, 0.3) is 0 Å². The Morgan fingerprint density at radius 3 is 2.07 bits per heavy atom. The van der Waals surface area contributed by atoms with Crippen molar-refractivity contribution in [2.24, 2.45) is 7.05 Å². The molecule has 0 atom stereocenters. The first-order valence-corrected chi connectivity index (χ1v) is 11.9. The molecule has 0 bridgehead atoms. The first kappa shape index (κ1) is 21.3. The van der Waals surface area contributed by atoms with E-state index in [1.807, 2.05) is 11.6 Å². The molecule has 3 rings (SSSR count). The summed E-state index contributed by atoms with van der Waals surface area (Å²) in [4.78, 5) is 16.8. The number of rotatable bonds is 5. The molecule has 1 N–H and O–H groups in total. The maximum absolute atomic E-state index is 12.4. The molecule has 0 spiro atoms. The molecule has 2 fully saturated rings. The fourth-order valence-corrected chi connectivity index (χ4v) is 4.90. The Morgan fingerprint density at radius 2 is 1.50 bits per heavy atom. The number of pyridine rings is 1. The van der Waals surface area contributed by atoms with E-state index in [-0.39, 0.29) is 11.2 Å². The Morgan fingerprint density at radius 1 is 0.929 bits per heavy atom. The Balaban J connectivity index is 1.74. The zero-order valence-electron chi connectivity index (χ0n) is 16.9. The van der Waals surface area contributed by atoms with Gasteiger partial charge < -0.3 is 9.67 Å². The normalized spacial score (nSPS) is 20.9. The van der Waals surface area contributed by atoms with Gasteiger partial charge in [0.05, 0.1) is 11.9 Å². The van der Waals surface area contributed by atoms with Gasteiger partial charge >= 0.3 is 0 Å². The highest BCUT2D eigenvalue weighted by molar-refractivity contribution is 7.88. The van der Waals surface area contributed by atoms with E-state index in [2.05, 4.69) is 9.80 Å². The summed E-state index contributed by atoms with van der Waals surface area (Å²) in [5.74, 6) is -0.201. The maximum atomic E-state index is 12.4. The molecule has 2 saturated heterocycles. The van der Waals surface area contributed by atoms with Gasteiger partial charge in [-0.3, -0.25) is 14.6 Å². The monoisotopic (exact) mass is 412 g/mol. The van der Waals surface area contributed by atoms with Crippen molar-refractivity contribution in [2.75, 3.05) is 45.5 Å². The molecule has 0 unspecified atom stereocenters. The average molecular weight is 413 g/mol. The minimum absolute atomic E-state index is 0.201. The second-order valence-electron chi connectivity index (χ2n) is 7.98. The van der Waals surface area contributed by atoms with E-state index < -0.39 is 10.0 Å². The van der Waals surface area contributed by atoms with Crippen molar-refractivity contribution in [1.82, 2.24) is 18.7 Å². The smallest absolute Gasteiger partial charge is 0.223 e. The van der Waals surface area contributed by atoms with Gasteiger partial charge in [0.1, 0.15) is 0 Å². The van der Waals surface area contributed by atoms with E-state index >= 15 is 0 Å². The van der Waals surface area contributed by atoms with Crippen LogP contribution in [0.2, 0.25) is 0 Å². The summed E-state index contributed by atoms with van der Waals surface area (Å²) in [6.45, 7) is 5.25. The topological polar surface area (TPSA) is 86.1 Å². The van der Waals surface area contributed by atoms with E-state index in [0.29, 0.717) is 45.0 Å². The summed E-state index contributed by atoms with van der Waals surface area (Å²) >= 11 is 0. The van der Waals surface area contributed by atoms with E-state index in [4.69, 9.17) is 0 Å². The van der Waals surface area contributed by atoms with Crippen molar-refractivity contribution in [2.45, 2.75) is 38.8 Å². The number of piperazine rings is 1. The predicted molar refractivity (Wildman–Crippen MR) is 109 cm³/mol. The second kappa shape index (κ2) is 8.94. The van der Waals surface area contributed by atoms with Crippen molar-refractivity contribution in [3.05, 3.63) is 27.7 Å². The molecule has 28 heavy (non-hydrogen) atoms. The van der Waals surface area contributed by atoms with Crippen LogP contribution < -0.4 is 5.43 Å². The van der Waals surface area contributed by atoms with Crippen LogP contribution in [0.1, 0.15) is 37.1 Å². The van der Waals surface area contributed by atoms with Gasteiger partial charge in [-0.05, 0) is 25.9 Å². The number of aromatic nitrogens is 1. The fraction of sp³-hybridized carbons (Fsp3) is 0.737. The maximum Gasteiger partial charge on any atom is 0.223 e. The molecular formula is C19H32N4O4S. The number of nitrogens with zero attached hydrogens (tertiary/aromatic N) is 4. The van der Waals surface area contributed by atoms with Crippen LogP contribution in [0.5, 0.6) is 5.75 Å². The van der Waals surface area contributed by atoms with Crippen LogP contribution in [0, 0.1) is 0 Å². The molecule has 0 saturated carbocycles. The van der Waals surface area contributed by atoms with Gasteiger partial charge in [0.15, 0.2) is 5.75 Å². The van der Waals surface area contributed by atoms with Crippen molar-refractivity contribution < 1.29 is 13.5 Å². The van der Waals surface area contributed by atoms with Gasteiger partial charge in [-0.15, -0.1) is 0 Å². The van der Waals surface area contributed by atoms with E-state index in [1.54, 1.807) is 6.07 Å². The molecule has 0 amide bonds. The zero-order chi connectivity index (χ0) is 20.3. The van der Waals surface area contributed by atoms with Gasteiger partial charge in [-0.25, -0.2) is 8.42 Å². The van der Waals surface area contributed by atoms with Crippen molar-refractivity contribution in [3.8, 4) is 5.75 Å². The molecular weight excluding hydrogens is 380 g/mol. The van der Waals surface area contributed by atoms with Gasteiger partial charge in [0.25, 0.3) is 0 Å². The summed E-state index contributed by atoms with van der Waals surface area (Å²) in [6.07, 6.45) is 6.11. The first-order valence-electron chi connectivity index (χ1n) is 10.1. The number of sulfonamides is 1. The second-order valence-corrected chi connectivity index (χ2v) is 9.97. The van der Waals surface area contributed by atoms with Gasteiger partial charge in [-0.1, -0.05) is 12.8 Å². The van der Waals surface area contributed by atoms with Crippen LogP contribution in [0.4, 0.5) is 0 Å². The van der Waals surface area contributed by atoms with Crippen LogP contribution in [-0.4, -0.2) is 77.7 Å². The minimum Gasteiger partial charge on any atom is -0.503 e. The number of aromatic hydroxyl groups is 1. The van der Waals surface area contributed by atoms with Crippen molar-refractivity contribution >= 4 is 10.0 Å². The third kappa shape index (κ3) is 5.14. The summed E-state index contributed by atoms with van der Waals surface area (Å²) in [5, 5.41) is 10.4. The largest absolute Gasteiger partial charge is 0.503 e. The lowest BCUT2D eigenvalue weighted by Gasteiger charge is -2.34. The van der Waals surface area contributed by atoms with Gasteiger partial charge in [-0.2, -0.15) is 4.31 Å². The van der Waals surface area contributed by atoms with Crippen LogP contribution in [-0.2, 0) is 30.2 Å². The standard InChI is InChI=1S/C19H32N4O4S/c1-20-16(14-21-7-5-3-4-6-8-21)13-18(24)19(25)17(20)15-22-9-11-23(12-10-22)28(2,26)27/h13,25H,3-12,14-15H2,1-2H3. The van der Waals surface area contributed by atoms with Crippen LogP contribution >= 0.6 is 0 Å². The number of hydrogen-bond acceptors (Lipinski definition) is 6. The SMILES string of the molecule is Cn1c(CN2CCCCCC2)cc(=O)c(O)c1CN1CCN(S(C)(=O)=O)CC1. The lowest BCUT2D eigenvalue weighted by atomic mass is 10.2. The summed E-state index contributed by atoms with van der Waals surface area (Å²) in [6, 6.07) is 1.55. The lowest BCUT2D eigenvalue weighted by molar-refractivity contribution is 0.176. The Kier molecular flexibility index (Phi) is 6.80.